The molecule has 2 aliphatic carbocycles. The Labute approximate surface area is 191 Å². The Morgan fingerprint density at radius 2 is 1.91 bits per heavy atom. The number of nitrogens with one attached hydrogen (secondary N) is 2. The number of rotatable bonds is 10. The van der Waals surface area contributed by atoms with Crippen molar-refractivity contribution in [2.75, 3.05) is 13.1 Å². The Bertz CT molecular complexity index is 814. The zero-order chi connectivity index (χ0) is 22.9. The molecular formula is C26H38N2O4. The monoisotopic (exact) mass is 442 g/mol. The van der Waals surface area contributed by atoms with Crippen LogP contribution in [-0.4, -0.2) is 46.5 Å². The van der Waals surface area contributed by atoms with Gasteiger partial charge in [0.1, 0.15) is 5.76 Å². The van der Waals surface area contributed by atoms with Crippen LogP contribution in [0.4, 0.5) is 0 Å². The fraction of sp³-hybridized carbons (Fsp3) is 0.577. The maximum absolute atomic E-state index is 12.4. The molecule has 0 radical (unpaired) electrons. The molecule has 0 heterocycles. The lowest BCUT2D eigenvalue weighted by molar-refractivity contribution is -0.120. The molecule has 0 saturated heterocycles. The lowest BCUT2D eigenvalue weighted by Gasteiger charge is -2.24. The van der Waals surface area contributed by atoms with E-state index >= 15 is 0 Å². The van der Waals surface area contributed by atoms with Gasteiger partial charge in [0.25, 0.3) is 0 Å². The van der Waals surface area contributed by atoms with Crippen LogP contribution in [-0.2, 0) is 17.6 Å². The fourth-order valence-electron chi connectivity index (χ4n) is 4.71. The van der Waals surface area contributed by atoms with Crippen molar-refractivity contribution in [2.45, 2.75) is 70.4 Å². The van der Waals surface area contributed by atoms with Crippen LogP contribution in [0.1, 0.15) is 56.6 Å². The Balaban J connectivity index is 1.41. The first-order valence-corrected chi connectivity index (χ1v) is 12.0. The Kier molecular flexibility index (Phi) is 9.18. The predicted molar refractivity (Wildman–Crippen MR) is 126 cm³/mol. The van der Waals surface area contributed by atoms with Gasteiger partial charge in [-0.25, -0.2) is 0 Å². The van der Waals surface area contributed by atoms with Crippen molar-refractivity contribution in [3.05, 3.63) is 59.1 Å². The number of carbonyl (C=O) groups excluding carboxylic acids is 1. The summed E-state index contributed by atoms with van der Waals surface area (Å²) in [5.74, 6) is 0.486. The van der Waals surface area contributed by atoms with E-state index < -0.39 is 6.10 Å². The first-order chi connectivity index (χ1) is 15.4. The minimum absolute atomic E-state index is 0.00885. The van der Waals surface area contributed by atoms with Crippen LogP contribution < -0.4 is 10.6 Å². The Morgan fingerprint density at radius 1 is 1.16 bits per heavy atom. The zero-order valence-corrected chi connectivity index (χ0v) is 19.1. The lowest BCUT2D eigenvalue weighted by atomic mass is 9.89. The minimum atomic E-state index is -0.699. The molecule has 32 heavy (non-hydrogen) atoms. The van der Waals surface area contributed by atoms with Crippen molar-refractivity contribution < 1.29 is 20.1 Å². The highest BCUT2D eigenvalue weighted by Crippen LogP contribution is 2.23. The second-order valence-corrected chi connectivity index (χ2v) is 9.48. The van der Waals surface area contributed by atoms with Crippen LogP contribution in [0.15, 0.2) is 47.9 Å². The minimum Gasteiger partial charge on any atom is -0.512 e. The number of amides is 1. The third-order valence-electron chi connectivity index (χ3n) is 6.52. The molecule has 6 nitrogen and oxygen atoms in total. The molecule has 1 fully saturated rings. The summed E-state index contributed by atoms with van der Waals surface area (Å²) in [4.78, 5) is 12.4. The normalized spacial score (nSPS) is 21.4. The zero-order valence-electron chi connectivity index (χ0n) is 19.1. The number of aliphatic hydroxyl groups is 3. The average molecular weight is 443 g/mol. The number of hydrogen-bond acceptors (Lipinski definition) is 5. The van der Waals surface area contributed by atoms with Crippen molar-refractivity contribution in [1.82, 2.24) is 10.6 Å². The van der Waals surface area contributed by atoms with Crippen LogP contribution in [0.5, 0.6) is 0 Å². The van der Waals surface area contributed by atoms with E-state index in [1.807, 2.05) is 12.1 Å². The molecule has 0 aromatic heterocycles. The Morgan fingerprint density at radius 3 is 2.66 bits per heavy atom. The topological polar surface area (TPSA) is 102 Å². The highest BCUT2D eigenvalue weighted by molar-refractivity contribution is 5.78. The lowest BCUT2D eigenvalue weighted by Crippen LogP contribution is -2.38. The molecule has 1 aromatic carbocycles. The number of aliphatic hydroxyl groups excluding tert-OH is 3. The molecule has 176 valence electrons. The van der Waals surface area contributed by atoms with Crippen molar-refractivity contribution in [3.8, 4) is 0 Å². The third-order valence-corrected chi connectivity index (χ3v) is 6.52. The van der Waals surface area contributed by atoms with Crippen molar-refractivity contribution in [1.29, 1.82) is 0 Å². The van der Waals surface area contributed by atoms with Gasteiger partial charge in [-0.1, -0.05) is 43.5 Å². The second kappa shape index (κ2) is 12.1. The predicted octanol–water partition coefficient (Wildman–Crippen LogP) is 3.71. The van der Waals surface area contributed by atoms with Gasteiger partial charge < -0.3 is 26.0 Å². The number of carbonyl (C=O) groups is 1. The fourth-order valence-corrected chi connectivity index (χ4v) is 4.71. The van der Waals surface area contributed by atoms with E-state index in [9.17, 15) is 20.1 Å². The molecular weight excluding hydrogens is 404 g/mol. The number of hydrogen-bond donors (Lipinski definition) is 5. The molecule has 3 atom stereocenters. The van der Waals surface area contributed by atoms with Gasteiger partial charge in [-0.15, -0.1) is 0 Å². The molecule has 1 amide bonds. The van der Waals surface area contributed by atoms with E-state index in [1.165, 1.54) is 38.2 Å². The van der Waals surface area contributed by atoms with Crippen LogP contribution >= 0.6 is 0 Å². The summed E-state index contributed by atoms with van der Waals surface area (Å²) in [6, 6.07) is 8.26. The molecule has 3 rings (SSSR count). The van der Waals surface area contributed by atoms with E-state index in [4.69, 9.17) is 0 Å². The summed E-state index contributed by atoms with van der Waals surface area (Å²) in [6.07, 6.45) is 10.0. The Hall–Kier alpha value is -2.31. The quantitative estimate of drug-likeness (QED) is 0.380. The van der Waals surface area contributed by atoms with Crippen molar-refractivity contribution in [2.24, 2.45) is 11.8 Å². The number of allylic oxidation sites excluding steroid dienone is 2. The van der Waals surface area contributed by atoms with Crippen LogP contribution in [0.25, 0.3) is 0 Å². The molecule has 6 heteroatoms. The summed E-state index contributed by atoms with van der Waals surface area (Å²) in [5, 5.41) is 36.1. The molecule has 0 aliphatic heterocycles. The molecule has 5 N–H and O–H groups in total. The van der Waals surface area contributed by atoms with Gasteiger partial charge in [0.2, 0.25) is 5.91 Å². The van der Waals surface area contributed by atoms with Gasteiger partial charge in [-0.2, -0.15) is 0 Å². The third kappa shape index (κ3) is 7.99. The first kappa shape index (κ1) is 24.3. The average Bonchev–Trinajstić information content (AvgIpc) is 2.76. The molecule has 1 saturated carbocycles. The van der Waals surface area contributed by atoms with E-state index in [0.717, 1.165) is 24.1 Å². The van der Waals surface area contributed by atoms with E-state index in [1.54, 1.807) is 6.08 Å². The molecule has 2 aliphatic rings. The maximum atomic E-state index is 12.4. The summed E-state index contributed by atoms with van der Waals surface area (Å²) in [5.41, 5.74) is 2.16. The van der Waals surface area contributed by atoms with Gasteiger partial charge in [-0.3, -0.25) is 4.79 Å². The highest BCUT2D eigenvalue weighted by Gasteiger charge is 2.23. The number of benzene rings is 1. The van der Waals surface area contributed by atoms with Gasteiger partial charge >= 0.3 is 0 Å². The van der Waals surface area contributed by atoms with Crippen molar-refractivity contribution >= 4 is 5.91 Å². The summed E-state index contributed by atoms with van der Waals surface area (Å²) in [6.45, 7) is 3.22. The van der Waals surface area contributed by atoms with Gasteiger partial charge in [0.05, 0.1) is 18.3 Å². The first-order valence-electron chi connectivity index (χ1n) is 12.0. The summed E-state index contributed by atoms with van der Waals surface area (Å²) in [7, 11) is 0. The standard InChI is InChI=1S/C26H38N2O4/c1-18(27-17-25(31)22-13-23(29)15-24(30)14-22)10-20-8-5-9-21(11-20)12-26(32)28-16-19-6-3-2-4-7-19/h5,8-9,11,13,15,18-19,22,25,27,29-31H,2-4,6-7,10,12,14,16-17H2,1H3,(H,28,32)/t18-,22?,25+/m1/s1. The largest absolute Gasteiger partial charge is 0.512 e. The molecule has 0 bridgehead atoms. The van der Waals surface area contributed by atoms with E-state index in [-0.39, 0.29) is 29.4 Å². The van der Waals surface area contributed by atoms with Gasteiger partial charge in [0, 0.05) is 37.5 Å². The molecule has 1 unspecified atom stereocenters. The maximum Gasteiger partial charge on any atom is 0.224 e. The second-order valence-electron chi connectivity index (χ2n) is 9.48. The highest BCUT2D eigenvalue weighted by atomic mass is 16.3. The van der Waals surface area contributed by atoms with Crippen molar-refractivity contribution in [3.63, 3.8) is 0 Å². The van der Waals surface area contributed by atoms with Crippen LogP contribution in [0.2, 0.25) is 0 Å². The molecule has 0 spiro atoms. The van der Waals surface area contributed by atoms with E-state index in [2.05, 4.69) is 29.7 Å². The van der Waals surface area contributed by atoms with Crippen LogP contribution in [0.3, 0.4) is 0 Å². The smallest absolute Gasteiger partial charge is 0.224 e. The molecule has 1 aromatic rings. The van der Waals surface area contributed by atoms with Crippen LogP contribution in [0, 0.1) is 11.8 Å². The van der Waals surface area contributed by atoms with Gasteiger partial charge in [0.15, 0.2) is 0 Å². The summed E-state index contributed by atoms with van der Waals surface area (Å²) >= 11 is 0. The van der Waals surface area contributed by atoms with Gasteiger partial charge in [-0.05, 0) is 49.3 Å². The van der Waals surface area contributed by atoms with E-state index in [0.29, 0.717) is 25.3 Å². The SMILES string of the molecule is C[C@H](Cc1cccc(CC(=O)NCC2CCCCC2)c1)NC[C@H](O)C1C=C(O)C=C(O)C1. The summed E-state index contributed by atoms with van der Waals surface area (Å²) < 4.78 is 0.